The first-order valence-corrected chi connectivity index (χ1v) is 10.0. The Labute approximate surface area is 139 Å². The summed E-state index contributed by atoms with van der Waals surface area (Å²) in [5.74, 6) is 1.51. The van der Waals surface area contributed by atoms with Crippen molar-refractivity contribution in [1.82, 2.24) is 9.99 Å². The lowest BCUT2D eigenvalue weighted by Crippen LogP contribution is -2.36. The van der Waals surface area contributed by atoms with Crippen LogP contribution in [0.3, 0.4) is 0 Å². The Morgan fingerprint density at radius 2 is 1.91 bits per heavy atom. The highest BCUT2D eigenvalue weighted by molar-refractivity contribution is 7.51. The molecular formula is C16H30N3O3P. The van der Waals surface area contributed by atoms with Crippen LogP contribution in [0.25, 0.3) is 0 Å². The minimum absolute atomic E-state index is 0.0416. The van der Waals surface area contributed by atoms with Gasteiger partial charge in [0, 0.05) is 24.7 Å². The monoisotopic (exact) mass is 343 g/mol. The second kappa shape index (κ2) is 7.47. The summed E-state index contributed by atoms with van der Waals surface area (Å²) in [5.41, 5.74) is 2.62. The molecule has 2 aliphatic heterocycles. The fourth-order valence-corrected chi connectivity index (χ4v) is 4.91. The molecule has 2 heterocycles. The van der Waals surface area contributed by atoms with Crippen LogP contribution in [-0.4, -0.2) is 42.6 Å². The molecule has 1 saturated heterocycles. The molecule has 0 spiro atoms. The van der Waals surface area contributed by atoms with Crippen molar-refractivity contribution in [2.24, 2.45) is 10.9 Å². The van der Waals surface area contributed by atoms with Crippen LogP contribution >= 0.6 is 7.75 Å². The third-order valence-electron chi connectivity index (χ3n) is 4.35. The highest BCUT2D eigenvalue weighted by atomic mass is 31.2. The molecule has 0 amide bonds. The fraction of sp³-hybridized carbons (Fsp3) is 0.812. The Hall–Kier alpha value is -0.680. The number of rotatable bonds is 7. The van der Waals surface area contributed by atoms with Crippen molar-refractivity contribution in [3.63, 3.8) is 0 Å². The lowest BCUT2D eigenvalue weighted by molar-refractivity contribution is 0.207. The van der Waals surface area contributed by atoms with E-state index in [4.69, 9.17) is 14.0 Å². The van der Waals surface area contributed by atoms with Crippen molar-refractivity contribution in [3.05, 3.63) is 11.3 Å². The van der Waals surface area contributed by atoms with Crippen LogP contribution in [-0.2, 0) is 13.6 Å². The SMILES string of the molecule is CCOP(=O)(NC1CC2=C(C)C(C(C)C)N=C(C)N2C1)OCC. The maximum Gasteiger partial charge on any atom is 0.405 e. The van der Waals surface area contributed by atoms with Gasteiger partial charge in [-0.05, 0) is 39.2 Å². The minimum Gasteiger partial charge on any atom is -0.332 e. The van der Waals surface area contributed by atoms with Crippen LogP contribution in [0.1, 0.15) is 48.0 Å². The van der Waals surface area contributed by atoms with Crippen LogP contribution in [0.5, 0.6) is 0 Å². The molecule has 2 unspecified atom stereocenters. The number of nitrogens with zero attached hydrogens (tertiary/aromatic N) is 2. The van der Waals surface area contributed by atoms with Gasteiger partial charge in [0.15, 0.2) is 0 Å². The number of fused-ring (bicyclic) bond motifs is 1. The van der Waals surface area contributed by atoms with Crippen molar-refractivity contribution in [2.75, 3.05) is 19.8 Å². The number of hydrogen-bond acceptors (Lipinski definition) is 5. The van der Waals surface area contributed by atoms with Gasteiger partial charge >= 0.3 is 7.75 Å². The molecule has 2 atom stereocenters. The molecule has 2 aliphatic rings. The summed E-state index contributed by atoms with van der Waals surface area (Å²) in [6.45, 7) is 13.7. The van der Waals surface area contributed by atoms with Gasteiger partial charge in [0.25, 0.3) is 0 Å². The van der Waals surface area contributed by atoms with Gasteiger partial charge in [-0.2, -0.15) is 0 Å². The van der Waals surface area contributed by atoms with Crippen LogP contribution in [0.4, 0.5) is 0 Å². The zero-order valence-electron chi connectivity index (χ0n) is 15.1. The third-order valence-corrected chi connectivity index (χ3v) is 6.23. The van der Waals surface area contributed by atoms with Gasteiger partial charge in [0.05, 0.1) is 19.3 Å². The number of amidine groups is 1. The van der Waals surface area contributed by atoms with Crippen molar-refractivity contribution in [3.8, 4) is 0 Å². The average molecular weight is 343 g/mol. The van der Waals surface area contributed by atoms with Gasteiger partial charge in [0.1, 0.15) is 5.84 Å². The molecule has 2 rings (SSSR count). The number of hydrogen-bond donors (Lipinski definition) is 1. The predicted octanol–water partition coefficient (Wildman–Crippen LogP) is 3.56. The van der Waals surface area contributed by atoms with Gasteiger partial charge in [-0.15, -0.1) is 0 Å². The lowest BCUT2D eigenvalue weighted by atomic mass is 9.94. The lowest BCUT2D eigenvalue weighted by Gasteiger charge is -2.32. The molecule has 6 nitrogen and oxygen atoms in total. The van der Waals surface area contributed by atoms with Gasteiger partial charge in [-0.1, -0.05) is 13.8 Å². The molecule has 0 saturated carbocycles. The molecule has 0 aromatic carbocycles. The maximum absolute atomic E-state index is 12.7. The summed E-state index contributed by atoms with van der Waals surface area (Å²) in [6.07, 6.45) is 0.825. The summed E-state index contributed by atoms with van der Waals surface area (Å²) in [4.78, 5) is 7.06. The number of aliphatic imine (C=N–C) groups is 1. The molecule has 0 radical (unpaired) electrons. The van der Waals surface area contributed by atoms with E-state index in [1.165, 1.54) is 11.3 Å². The second-order valence-corrected chi connectivity index (χ2v) is 8.24. The Kier molecular flexibility index (Phi) is 6.06. The normalized spacial score (nSPS) is 25.2. The maximum atomic E-state index is 12.7. The van der Waals surface area contributed by atoms with E-state index in [0.29, 0.717) is 19.1 Å². The topological polar surface area (TPSA) is 63.2 Å². The minimum atomic E-state index is -3.24. The van der Waals surface area contributed by atoms with Gasteiger partial charge in [-0.25, -0.2) is 9.65 Å². The largest absolute Gasteiger partial charge is 0.405 e. The standard InChI is InChI=1S/C16H30N3O3P/c1-7-21-23(20,22-8-2)18-14-9-15-12(5)16(11(3)4)17-13(6)19(15)10-14/h11,14,16H,7-10H2,1-6H3,(H,18,20). The summed E-state index contributed by atoms with van der Waals surface area (Å²) >= 11 is 0. The van der Waals surface area contributed by atoms with E-state index in [2.05, 4.69) is 37.7 Å². The van der Waals surface area contributed by atoms with Crippen LogP contribution in [0.15, 0.2) is 16.3 Å². The molecule has 0 aromatic rings. The first-order chi connectivity index (χ1) is 10.8. The second-order valence-electron chi connectivity index (χ2n) is 6.47. The highest BCUT2D eigenvalue weighted by Crippen LogP contribution is 2.46. The molecule has 132 valence electrons. The Morgan fingerprint density at radius 3 is 2.43 bits per heavy atom. The molecule has 0 aliphatic carbocycles. The van der Waals surface area contributed by atoms with E-state index in [-0.39, 0.29) is 12.1 Å². The zero-order valence-corrected chi connectivity index (χ0v) is 16.0. The Bertz CT molecular complexity index is 535. The number of nitrogens with one attached hydrogen (secondary N) is 1. The van der Waals surface area contributed by atoms with E-state index < -0.39 is 7.75 Å². The van der Waals surface area contributed by atoms with E-state index >= 15 is 0 Å². The van der Waals surface area contributed by atoms with E-state index in [0.717, 1.165) is 18.8 Å². The Morgan fingerprint density at radius 1 is 1.30 bits per heavy atom. The molecule has 7 heteroatoms. The average Bonchev–Trinajstić information content (AvgIpc) is 2.87. The molecule has 1 N–H and O–H groups in total. The predicted molar refractivity (Wildman–Crippen MR) is 93.5 cm³/mol. The van der Waals surface area contributed by atoms with Crippen molar-refractivity contribution < 1.29 is 13.6 Å². The fourth-order valence-electron chi connectivity index (χ4n) is 3.39. The first-order valence-electron chi connectivity index (χ1n) is 8.49. The first kappa shape index (κ1) is 18.7. The van der Waals surface area contributed by atoms with Crippen LogP contribution in [0.2, 0.25) is 0 Å². The molecular weight excluding hydrogens is 313 g/mol. The van der Waals surface area contributed by atoms with Gasteiger partial charge in [0.2, 0.25) is 0 Å². The van der Waals surface area contributed by atoms with E-state index in [1.807, 2.05) is 13.8 Å². The molecule has 1 fully saturated rings. The van der Waals surface area contributed by atoms with E-state index in [9.17, 15) is 4.57 Å². The van der Waals surface area contributed by atoms with Gasteiger partial charge < -0.3 is 4.90 Å². The van der Waals surface area contributed by atoms with Crippen molar-refractivity contribution >= 4 is 13.6 Å². The summed E-state index contributed by atoms with van der Waals surface area (Å²) in [5, 5.41) is 3.12. The van der Waals surface area contributed by atoms with Crippen LogP contribution in [0, 0.1) is 5.92 Å². The quantitative estimate of drug-likeness (QED) is 0.716. The summed E-state index contributed by atoms with van der Waals surface area (Å²) < 4.78 is 23.4. The molecule has 0 bridgehead atoms. The van der Waals surface area contributed by atoms with Gasteiger partial charge in [-0.3, -0.25) is 14.0 Å². The Balaban J connectivity index is 2.16. The highest BCUT2D eigenvalue weighted by Gasteiger charge is 2.38. The summed E-state index contributed by atoms with van der Waals surface area (Å²) in [6, 6.07) is 0.283. The van der Waals surface area contributed by atoms with Crippen molar-refractivity contribution in [1.29, 1.82) is 0 Å². The smallest absolute Gasteiger partial charge is 0.332 e. The van der Waals surface area contributed by atoms with Crippen molar-refractivity contribution in [2.45, 2.75) is 60.0 Å². The summed E-state index contributed by atoms with van der Waals surface area (Å²) in [7, 11) is -3.24. The molecule has 0 aromatic heterocycles. The van der Waals surface area contributed by atoms with Crippen LogP contribution < -0.4 is 5.09 Å². The van der Waals surface area contributed by atoms with E-state index in [1.54, 1.807) is 0 Å². The third kappa shape index (κ3) is 4.05. The molecule has 23 heavy (non-hydrogen) atoms. The zero-order chi connectivity index (χ0) is 17.2.